The molecule has 7 heteroatoms. The summed E-state index contributed by atoms with van der Waals surface area (Å²) in [6.07, 6.45) is 0. The number of carbonyl (C=O) groups is 1. The Morgan fingerprint density at radius 1 is 1.23 bits per heavy atom. The highest BCUT2D eigenvalue weighted by atomic mass is 19.1. The van der Waals surface area contributed by atoms with Gasteiger partial charge in [0, 0.05) is 11.8 Å². The summed E-state index contributed by atoms with van der Waals surface area (Å²) in [7, 11) is 1.10. The summed E-state index contributed by atoms with van der Waals surface area (Å²) in [6, 6.07) is 4.91. The van der Waals surface area contributed by atoms with Crippen molar-refractivity contribution in [3.63, 3.8) is 0 Å². The molecular formula is C15H14F2N2O3. The fraction of sp³-hybridized carbons (Fsp3) is 0.200. The number of ether oxygens (including phenoxy) is 1. The van der Waals surface area contributed by atoms with E-state index >= 15 is 0 Å². The van der Waals surface area contributed by atoms with Gasteiger partial charge in [-0.05, 0) is 37.6 Å². The first kappa shape index (κ1) is 15.7. The third-order valence-electron chi connectivity index (χ3n) is 3.07. The molecule has 1 aromatic heterocycles. The summed E-state index contributed by atoms with van der Waals surface area (Å²) >= 11 is 0. The molecule has 2 aromatic rings. The van der Waals surface area contributed by atoms with E-state index in [1.807, 2.05) is 0 Å². The summed E-state index contributed by atoms with van der Waals surface area (Å²) < 4.78 is 33.0. The zero-order valence-corrected chi connectivity index (χ0v) is 12.2. The highest BCUT2D eigenvalue weighted by Gasteiger charge is 2.20. The summed E-state index contributed by atoms with van der Waals surface area (Å²) in [5.74, 6) is -3.58. The molecular weight excluding hydrogens is 294 g/mol. The molecule has 2 rings (SSSR count). The second-order valence-electron chi connectivity index (χ2n) is 4.73. The average molecular weight is 308 g/mol. The number of rotatable bonds is 3. The second-order valence-corrected chi connectivity index (χ2v) is 4.73. The molecule has 1 N–H and O–H groups in total. The fourth-order valence-electron chi connectivity index (χ4n) is 2.07. The van der Waals surface area contributed by atoms with Crippen LogP contribution in [-0.2, 0) is 0 Å². The predicted octanol–water partition coefficient (Wildman–Crippen LogP) is 2.14. The first-order chi connectivity index (χ1) is 10.3. The van der Waals surface area contributed by atoms with Crippen LogP contribution in [-0.4, -0.2) is 17.7 Å². The van der Waals surface area contributed by atoms with Crippen molar-refractivity contribution in [3.05, 3.63) is 63.1 Å². The number of methoxy groups -OCH3 is 1. The number of benzene rings is 1. The van der Waals surface area contributed by atoms with Crippen LogP contribution in [0, 0.1) is 25.5 Å². The number of amides is 1. The topological polar surface area (TPSA) is 60.3 Å². The van der Waals surface area contributed by atoms with Crippen LogP contribution in [0.2, 0.25) is 0 Å². The number of hydrogen-bond acceptors (Lipinski definition) is 3. The van der Waals surface area contributed by atoms with E-state index in [0.29, 0.717) is 5.69 Å². The molecule has 0 aliphatic heterocycles. The fourth-order valence-corrected chi connectivity index (χ4v) is 2.07. The number of halogens is 2. The van der Waals surface area contributed by atoms with Crippen molar-refractivity contribution in [2.45, 2.75) is 13.8 Å². The van der Waals surface area contributed by atoms with E-state index in [0.717, 1.165) is 29.5 Å². The molecule has 0 aliphatic carbocycles. The van der Waals surface area contributed by atoms with Gasteiger partial charge in [0.05, 0.1) is 12.7 Å². The lowest BCUT2D eigenvalue weighted by molar-refractivity contribution is 0.100. The van der Waals surface area contributed by atoms with Crippen molar-refractivity contribution in [3.8, 4) is 5.75 Å². The molecule has 0 radical (unpaired) electrons. The minimum atomic E-state index is -1.13. The van der Waals surface area contributed by atoms with Crippen LogP contribution in [0.4, 0.5) is 8.78 Å². The summed E-state index contributed by atoms with van der Waals surface area (Å²) in [6.45, 7) is 3.36. The van der Waals surface area contributed by atoms with Crippen molar-refractivity contribution in [1.82, 2.24) is 4.68 Å². The molecule has 22 heavy (non-hydrogen) atoms. The SMILES string of the molecule is COc1c(F)ccc(C(=O)Nn2c(C)cc(C)cc2=O)c1F. The Labute approximate surface area is 125 Å². The molecule has 116 valence electrons. The molecule has 1 heterocycles. The first-order valence-corrected chi connectivity index (χ1v) is 6.38. The van der Waals surface area contributed by atoms with E-state index in [4.69, 9.17) is 0 Å². The normalized spacial score (nSPS) is 10.4. The molecule has 0 saturated heterocycles. The van der Waals surface area contributed by atoms with Gasteiger partial charge in [-0.2, -0.15) is 0 Å². The molecule has 1 aromatic carbocycles. The monoisotopic (exact) mass is 308 g/mol. The smallest absolute Gasteiger partial charge is 0.273 e. The number of hydrogen-bond donors (Lipinski definition) is 1. The predicted molar refractivity (Wildman–Crippen MR) is 76.8 cm³/mol. The van der Waals surface area contributed by atoms with E-state index in [9.17, 15) is 18.4 Å². The second kappa shape index (κ2) is 5.97. The molecule has 0 aliphatic rings. The Morgan fingerprint density at radius 2 is 1.91 bits per heavy atom. The largest absolute Gasteiger partial charge is 0.491 e. The van der Waals surface area contributed by atoms with Gasteiger partial charge in [-0.15, -0.1) is 0 Å². The van der Waals surface area contributed by atoms with Crippen molar-refractivity contribution in [2.24, 2.45) is 0 Å². The van der Waals surface area contributed by atoms with Crippen molar-refractivity contribution >= 4 is 5.91 Å². The Hall–Kier alpha value is -2.70. The summed E-state index contributed by atoms with van der Waals surface area (Å²) in [4.78, 5) is 24.0. The van der Waals surface area contributed by atoms with Gasteiger partial charge in [-0.3, -0.25) is 15.0 Å². The lowest BCUT2D eigenvalue weighted by atomic mass is 10.2. The maximum atomic E-state index is 14.0. The van der Waals surface area contributed by atoms with E-state index in [1.165, 1.54) is 6.07 Å². The minimum absolute atomic E-state index is 0.426. The van der Waals surface area contributed by atoms with Crippen molar-refractivity contribution in [2.75, 3.05) is 12.5 Å². The van der Waals surface area contributed by atoms with Crippen LogP contribution >= 0.6 is 0 Å². The van der Waals surface area contributed by atoms with Crippen LogP contribution in [0.25, 0.3) is 0 Å². The number of carbonyl (C=O) groups excluding carboxylic acids is 1. The highest BCUT2D eigenvalue weighted by Crippen LogP contribution is 2.24. The molecule has 0 spiro atoms. The number of nitrogens with one attached hydrogen (secondary N) is 1. The Balaban J connectivity index is 2.41. The van der Waals surface area contributed by atoms with Gasteiger partial charge in [0.2, 0.25) is 0 Å². The third kappa shape index (κ3) is 2.83. The number of aromatic nitrogens is 1. The van der Waals surface area contributed by atoms with Crippen LogP contribution in [0.5, 0.6) is 5.75 Å². The Morgan fingerprint density at radius 3 is 2.50 bits per heavy atom. The highest BCUT2D eigenvalue weighted by molar-refractivity contribution is 6.00. The van der Waals surface area contributed by atoms with Crippen LogP contribution in [0.15, 0.2) is 29.1 Å². The average Bonchev–Trinajstić information content (AvgIpc) is 2.43. The third-order valence-corrected chi connectivity index (χ3v) is 3.07. The molecule has 0 bridgehead atoms. The summed E-state index contributed by atoms with van der Waals surface area (Å²) in [5.41, 5.74) is 2.62. The molecule has 0 saturated carbocycles. The number of nitrogens with zero attached hydrogens (tertiary/aromatic N) is 1. The zero-order valence-electron chi connectivity index (χ0n) is 12.2. The quantitative estimate of drug-likeness (QED) is 0.945. The van der Waals surface area contributed by atoms with Gasteiger partial charge in [0.25, 0.3) is 11.5 Å². The van der Waals surface area contributed by atoms with Crippen LogP contribution < -0.4 is 15.7 Å². The van der Waals surface area contributed by atoms with Gasteiger partial charge in [0.1, 0.15) is 0 Å². The molecule has 0 atom stereocenters. The minimum Gasteiger partial charge on any atom is -0.491 e. The molecule has 5 nitrogen and oxygen atoms in total. The van der Waals surface area contributed by atoms with Crippen LogP contribution in [0.1, 0.15) is 21.6 Å². The molecule has 0 fully saturated rings. The van der Waals surface area contributed by atoms with E-state index in [-0.39, 0.29) is 0 Å². The van der Waals surface area contributed by atoms with E-state index in [1.54, 1.807) is 19.9 Å². The van der Waals surface area contributed by atoms with Crippen LogP contribution in [0.3, 0.4) is 0 Å². The lowest BCUT2D eigenvalue weighted by Gasteiger charge is -2.13. The first-order valence-electron chi connectivity index (χ1n) is 6.38. The number of aryl methyl sites for hydroxylation is 2. The van der Waals surface area contributed by atoms with Crippen molar-refractivity contribution in [1.29, 1.82) is 0 Å². The van der Waals surface area contributed by atoms with Gasteiger partial charge >= 0.3 is 0 Å². The maximum Gasteiger partial charge on any atom is 0.273 e. The Bertz CT molecular complexity index is 800. The van der Waals surface area contributed by atoms with E-state index < -0.39 is 34.4 Å². The van der Waals surface area contributed by atoms with Crippen molar-refractivity contribution < 1.29 is 18.3 Å². The lowest BCUT2D eigenvalue weighted by Crippen LogP contribution is -2.34. The zero-order chi connectivity index (χ0) is 16.4. The molecule has 1 amide bonds. The Kier molecular flexibility index (Phi) is 4.25. The van der Waals surface area contributed by atoms with Gasteiger partial charge in [-0.25, -0.2) is 13.5 Å². The maximum absolute atomic E-state index is 14.0. The molecule has 0 unspecified atom stereocenters. The van der Waals surface area contributed by atoms with Gasteiger partial charge in [0.15, 0.2) is 17.4 Å². The number of pyridine rings is 1. The van der Waals surface area contributed by atoms with E-state index in [2.05, 4.69) is 10.2 Å². The van der Waals surface area contributed by atoms with Gasteiger partial charge in [-0.1, -0.05) is 0 Å². The van der Waals surface area contributed by atoms with Gasteiger partial charge < -0.3 is 4.74 Å². The summed E-state index contributed by atoms with van der Waals surface area (Å²) in [5, 5.41) is 0. The standard InChI is InChI=1S/C15H14F2N2O3/c1-8-6-9(2)19(12(20)7-8)18-15(21)10-4-5-11(16)14(22-3)13(10)17/h4-7H,1-3H3,(H,18,21).